The summed E-state index contributed by atoms with van der Waals surface area (Å²) in [4.78, 5) is 32.3. The average molecular weight is 578 g/mol. The summed E-state index contributed by atoms with van der Waals surface area (Å²) in [7, 11) is -1.30. The number of sulfone groups is 1. The second-order valence-electron chi connectivity index (χ2n) is 10.8. The number of carbonyl (C=O) groups excluding carboxylic acids is 2. The van der Waals surface area contributed by atoms with Crippen LogP contribution in [0, 0.1) is 11.7 Å². The van der Waals surface area contributed by atoms with E-state index in [0.29, 0.717) is 50.5 Å². The number of likely N-dealkylation sites (N-methyl/N-ethyl adjacent to an activating group) is 1. The fraction of sp³-hybridized carbons (Fsp3) is 0.500. The molecule has 8 nitrogen and oxygen atoms in total. The maximum absolute atomic E-state index is 13.6. The Kier molecular flexibility index (Phi) is 8.16. The lowest BCUT2D eigenvalue weighted by Gasteiger charge is -2.36. The smallest absolute Gasteiger partial charge is 0.410 e. The first-order valence-corrected chi connectivity index (χ1v) is 15.5. The zero-order valence-corrected chi connectivity index (χ0v) is 23.4. The van der Waals surface area contributed by atoms with Gasteiger partial charge in [-0.1, -0.05) is 23.7 Å². The maximum Gasteiger partial charge on any atom is 0.415 e. The van der Waals surface area contributed by atoms with E-state index in [9.17, 15) is 22.4 Å². The van der Waals surface area contributed by atoms with Crippen molar-refractivity contribution in [2.45, 2.75) is 37.3 Å². The Morgan fingerprint density at radius 3 is 2.28 bits per heavy atom. The summed E-state index contributed by atoms with van der Waals surface area (Å²) < 4.78 is 42.6. The Bertz CT molecular complexity index is 1300. The van der Waals surface area contributed by atoms with E-state index in [1.165, 1.54) is 29.2 Å². The van der Waals surface area contributed by atoms with Crippen molar-refractivity contribution < 1.29 is 27.1 Å². The number of rotatable bonds is 5. The van der Waals surface area contributed by atoms with E-state index in [-0.39, 0.29) is 47.1 Å². The van der Waals surface area contributed by atoms with Crippen molar-refractivity contribution in [3.63, 3.8) is 0 Å². The van der Waals surface area contributed by atoms with Gasteiger partial charge in [-0.15, -0.1) is 0 Å². The van der Waals surface area contributed by atoms with Gasteiger partial charge >= 0.3 is 6.09 Å². The van der Waals surface area contributed by atoms with Crippen molar-refractivity contribution in [3.8, 4) is 5.75 Å². The molecule has 3 atom stereocenters. The molecule has 0 bridgehead atoms. The third-order valence-electron chi connectivity index (χ3n) is 8.31. The van der Waals surface area contributed by atoms with Crippen LogP contribution in [0.15, 0.2) is 48.5 Å². The van der Waals surface area contributed by atoms with Crippen LogP contribution in [0.2, 0.25) is 5.02 Å². The first kappa shape index (κ1) is 27.9. The fourth-order valence-corrected chi connectivity index (χ4v) is 7.93. The molecule has 2 aromatic carbocycles. The highest BCUT2D eigenvalue weighted by Gasteiger charge is 2.43. The molecule has 11 heteroatoms. The number of amides is 2. The first-order chi connectivity index (χ1) is 18.6. The van der Waals surface area contributed by atoms with Gasteiger partial charge in [-0.05, 0) is 74.3 Å². The monoisotopic (exact) mass is 577 g/mol. The maximum atomic E-state index is 13.6. The Morgan fingerprint density at radius 2 is 1.67 bits per heavy atom. The Morgan fingerprint density at radius 1 is 1.00 bits per heavy atom. The lowest BCUT2D eigenvalue weighted by Crippen LogP contribution is -2.47. The summed E-state index contributed by atoms with van der Waals surface area (Å²) in [5, 5.41) is 0.604. The molecule has 2 aromatic rings. The lowest BCUT2D eigenvalue weighted by molar-refractivity contribution is -0.136. The first-order valence-electron chi connectivity index (χ1n) is 13.3. The lowest BCUT2D eigenvalue weighted by atomic mass is 9.93. The summed E-state index contributed by atoms with van der Waals surface area (Å²) in [5.74, 6) is 0.0629. The van der Waals surface area contributed by atoms with E-state index in [1.54, 1.807) is 19.2 Å². The highest BCUT2D eigenvalue weighted by Crippen LogP contribution is 2.34. The summed E-state index contributed by atoms with van der Waals surface area (Å²) >= 11 is 6.11. The second-order valence-corrected chi connectivity index (χ2v) is 13.4. The van der Waals surface area contributed by atoms with E-state index >= 15 is 0 Å². The van der Waals surface area contributed by atoms with Crippen molar-refractivity contribution >= 4 is 33.4 Å². The van der Waals surface area contributed by atoms with Gasteiger partial charge in [-0.3, -0.25) is 9.69 Å². The molecule has 5 rings (SSSR count). The molecule has 0 N–H and O–H groups in total. The van der Waals surface area contributed by atoms with E-state index in [1.807, 2.05) is 17.0 Å². The zero-order valence-electron chi connectivity index (χ0n) is 21.8. The van der Waals surface area contributed by atoms with Gasteiger partial charge in [0.1, 0.15) is 11.6 Å². The third-order valence-corrected chi connectivity index (χ3v) is 10.3. The van der Waals surface area contributed by atoms with Gasteiger partial charge in [0.25, 0.3) is 0 Å². The van der Waals surface area contributed by atoms with Crippen LogP contribution in [0.4, 0.5) is 9.18 Å². The molecule has 39 heavy (non-hydrogen) atoms. The summed E-state index contributed by atoms with van der Waals surface area (Å²) in [6.07, 6.45) is 1.45. The van der Waals surface area contributed by atoms with Crippen LogP contribution in [-0.4, -0.2) is 91.9 Å². The molecule has 1 unspecified atom stereocenters. The molecule has 0 saturated carbocycles. The minimum Gasteiger partial charge on any atom is -0.410 e. The summed E-state index contributed by atoms with van der Waals surface area (Å²) in [6, 6.07) is 12.4. The highest BCUT2D eigenvalue weighted by molar-refractivity contribution is 7.91. The number of carbonyl (C=O) groups is 2. The molecule has 0 spiro atoms. The predicted molar refractivity (Wildman–Crippen MR) is 146 cm³/mol. The molecular weight excluding hydrogens is 545 g/mol. The van der Waals surface area contributed by atoms with Crippen LogP contribution in [-0.2, 0) is 14.6 Å². The van der Waals surface area contributed by atoms with Crippen LogP contribution in [0.5, 0.6) is 5.75 Å². The second kappa shape index (κ2) is 11.4. The molecule has 3 heterocycles. The highest BCUT2D eigenvalue weighted by atomic mass is 35.5. The topological polar surface area (TPSA) is 87.2 Å². The van der Waals surface area contributed by atoms with Crippen LogP contribution in [0.1, 0.15) is 30.7 Å². The van der Waals surface area contributed by atoms with Gasteiger partial charge in [0.2, 0.25) is 5.91 Å². The third kappa shape index (κ3) is 6.39. The van der Waals surface area contributed by atoms with Crippen molar-refractivity contribution in [1.82, 2.24) is 14.7 Å². The normalized spacial score (nSPS) is 25.5. The van der Waals surface area contributed by atoms with Crippen molar-refractivity contribution in [1.29, 1.82) is 0 Å². The van der Waals surface area contributed by atoms with Crippen LogP contribution in [0.3, 0.4) is 0 Å². The number of hydrogen-bond acceptors (Lipinski definition) is 6. The number of ether oxygens (including phenoxy) is 1. The number of halogens is 2. The van der Waals surface area contributed by atoms with Gasteiger partial charge in [0, 0.05) is 43.0 Å². The number of hydrogen-bond donors (Lipinski definition) is 0. The summed E-state index contributed by atoms with van der Waals surface area (Å²) in [6.45, 7) is 2.24. The van der Waals surface area contributed by atoms with E-state index in [2.05, 4.69) is 4.90 Å². The zero-order chi connectivity index (χ0) is 27.7. The van der Waals surface area contributed by atoms with Gasteiger partial charge in [-0.25, -0.2) is 17.6 Å². The van der Waals surface area contributed by atoms with Crippen LogP contribution in [0.25, 0.3) is 0 Å². The molecule has 210 valence electrons. The number of nitrogens with zero attached hydrogens (tertiary/aromatic N) is 3. The molecule has 0 aromatic heterocycles. The van der Waals surface area contributed by atoms with Gasteiger partial charge < -0.3 is 14.5 Å². The number of benzene rings is 2. The predicted octanol–water partition coefficient (Wildman–Crippen LogP) is 3.80. The van der Waals surface area contributed by atoms with Crippen molar-refractivity contribution in [3.05, 3.63) is 64.9 Å². The van der Waals surface area contributed by atoms with E-state index in [0.717, 1.165) is 5.56 Å². The molecule has 0 aliphatic carbocycles. The minimum atomic E-state index is -2.95. The van der Waals surface area contributed by atoms with Gasteiger partial charge in [0.15, 0.2) is 9.84 Å². The SMILES string of the molecule is CN(C(=O)Oc1ccc(F)cc1)[C@@H]1CN(C(=O)C2CCN(C3CCS(=O)(=O)C3)CC2)C[C@H]1c1ccc(Cl)cc1. The average Bonchev–Trinajstić information content (AvgIpc) is 3.53. The quantitative estimate of drug-likeness (QED) is 0.537. The minimum absolute atomic E-state index is 0.0530. The fourth-order valence-electron chi connectivity index (χ4n) is 6.04. The summed E-state index contributed by atoms with van der Waals surface area (Å²) in [5.41, 5.74) is 0.971. The molecule has 3 saturated heterocycles. The van der Waals surface area contributed by atoms with Crippen LogP contribution >= 0.6 is 11.6 Å². The molecule has 0 radical (unpaired) electrons. The molecule has 3 aliphatic heterocycles. The Hall–Kier alpha value is -2.69. The molecule has 3 aliphatic rings. The molecular formula is C28H33ClFN3O5S. The van der Waals surface area contributed by atoms with E-state index in [4.69, 9.17) is 16.3 Å². The van der Waals surface area contributed by atoms with E-state index < -0.39 is 21.7 Å². The standard InChI is InChI=1S/C28H33ClFN3O5S/c1-31(28(35)38-24-8-6-22(30)7-9-24)26-17-33(16-25(26)19-2-4-21(29)5-3-19)27(34)20-10-13-32(14-11-20)23-12-15-39(36,37)18-23/h2-9,20,23,25-26H,10-18H2,1H3/t23?,25-,26+/m0/s1. The Labute approximate surface area is 233 Å². The van der Waals surface area contributed by atoms with Gasteiger partial charge in [-0.2, -0.15) is 0 Å². The van der Waals surface area contributed by atoms with Crippen molar-refractivity contribution in [2.24, 2.45) is 5.92 Å². The van der Waals surface area contributed by atoms with Gasteiger partial charge in [0.05, 0.1) is 17.5 Å². The molecule has 2 amide bonds. The van der Waals surface area contributed by atoms with Crippen molar-refractivity contribution in [2.75, 3.05) is 44.7 Å². The number of likely N-dealkylation sites (tertiary alicyclic amines) is 2. The Balaban J connectivity index is 1.26. The molecule has 3 fully saturated rings. The largest absolute Gasteiger partial charge is 0.415 e. The number of piperidine rings is 1. The van der Waals surface area contributed by atoms with Crippen LogP contribution < -0.4 is 4.74 Å².